The Morgan fingerprint density at radius 1 is 1.29 bits per heavy atom. The summed E-state index contributed by atoms with van der Waals surface area (Å²) < 4.78 is 0. The van der Waals surface area contributed by atoms with E-state index in [9.17, 15) is 0 Å². The van der Waals surface area contributed by atoms with Gasteiger partial charge < -0.3 is 5.32 Å². The number of benzene rings is 1. The molecule has 1 aromatic rings. The second-order valence-electron chi connectivity index (χ2n) is 5.75. The molecule has 2 atom stereocenters. The zero-order chi connectivity index (χ0) is 12.3. The third-order valence-corrected chi connectivity index (χ3v) is 3.97. The number of rotatable bonds is 3. The number of hydrogen-bond acceptors (Lipinski definition) is 1. The summed E-state index contributed by atoms with van der Waals surface area (Å²) in [6, 6.07) is 9.53. The molecule has 2 unspecified atom stereocenters. The summed E-state index contributed by atoms with van der Waals surface area (Å²) in [7, 11) is 2.11. The first-order chi connectivity index (χ1) is 8.22. The Labute approximate surface area is 106 Å². The number of aryl methyl sites for hydroxylation is 1. The Morgan fingerprint density at radius 3 is 2.76 bits per heavy atom. The summed E-state index contributed by atoms with van der Waals surface area (Å²) >= 11 is 0. The van der Waals surface area contributed by atoms with E-state index in [0.717, 1.165) is 11.8 Å². The SMILES string of the molecule is CNC1c2ccccc2CCCC1CC(C)C. The van der Waals surface area contributed by atoms with E-state index < -0.39 is 0 Å². The fourth-order valence-electron chi connectivity index (χ4n) is 3.29. The highest BCUT2D eigenvalue weighted by molar-refractivity contribution is 5.31. The third kappa shape index (κ3) is 2.90. The standard InChI is InChI=1S/C16H25N/c1-12(2)11-14-9-6-8-13-7-4-5-10-15(13)16(14)17-3/h4-5,7,10,12,14,16-17H,6,8-9,11H2,1-3H3. The number of hydrogen-bond donors (Lipinski definition) is 1. The van der Waals surface area contributed by atoms with Gasteiger partial charge in [0.25, 0.3) is 0 Å². The zero-order valence-electron chi connectivity index (χ0n) is 11.4. The molecule has 94 valence electrons. The van der Waals surface area contributed by atoms with Crippen molar-refractivity contribution in [3.05, 3.63) is 35.4 Å². The second-order valence-corrected chi connectivity index (χ2v) is 5.75. The van der Waals surface area contributed by atoms with Crippen LogP contribution in [0.1, 0.15) is 50.3 Å². The minimum atomic E-state index is 0.552. The molecule has 0 radical (unpaired) electrons. The minimum Gasteiger partial charge on any atom is -0.313 e. The van der Waals surface area contributed by atoms with Crippen LogP contribution in [0.4, 0.5) is 0 Å². The van der Waals surface area contributed by atoms with E-state index in [0.29, 0.717) is 6.04 Å². The van der Waals surface area contributed by atoms with Crippen LogP contribution in [0.15, 0.2) is 24.3 Å². The lowest BCUT2D eigenvalue weighted by atomic mass is 9.85. The van der Waals surface area contributed by atoms with Crippen LogP contribution in [-0.4, -0.2) is 7.05 Å². The van der Waals surface area contributed by atoms with Crippen molar-refractivity contribution in [2.45, 2.75) is 45.6 Å². The van der Waals surface area contributed by atoms with Crippen molar-refractivity contribution < 1.29 is 0 Å². The Balaban J connectivity index is 2.27. The molecule has 1 nitrogen and oxygen atoms in total. The highest BCUT2D eigenvalue weighted by Gasteiger charge is 2.26. The molecule has 0 heterocycles. The largest absolute Gasteiger partial charge is 0.313 e. The fourth-order valence-corrected chi connectivity index (χ4v) is 3.29. The molecule has 2 rings (SSSR count). The van der Waals surface area contributed by atoms with E-state index in [1.54, 1.807) is 5.56 Å². The van der Waals surface area contributed by atoms with E-state index in [1.165, 1.54) is 31.2 Å². The van der Waals surface area contributed by atoms with Gasteiger partial charge in [-0.1, -0.05) is 38.1 Å². The summed E-state index contributed by atoms with van der Waals surface area (Å²) in [5.41, 5.74) is 3.09. The van der Waals surface area contributed by atoms with Gasteiger partial charge in [0.05, 0.1) is 0 Å². The lowest BCUT2D eigenvalue weighted by molar-refractivity contribution is 0.303. The van der Waals surface area contributed by atoms with Crippen LogP contribution in [0, 0.1) is 11.8 Å². The third-order valence-electron chi connectivity index (χ3n) is 3.97. The molecule has 1 aromatic carbocycles. The van der Waals surface area contributed by atoms with Crippen molar-refractivity contribution in [1.29, 1.82) is 0 Å². The molecule has 1 aliphatic rings. The van der Waals surface area contributed by atoms with Gasteiger partial charge in [-0.05, 0) is 55.7 Å². The van der Waals surface area contributed by atoms with Crippen LogP contribution in [0.2, 0.25) is 0 Å². The van der Waals surface area contributed by atoms with Gasteiger partial charge in [0.1, 0.15) is 0 Å². The molecule has 0 saturated carbocycles. The van der Waals surface area contributed by atoms with Crippen LogP contribution in [-0.2, 0) is 6.42 Å². The molecule has 17 heavy (non-hydrogen) atoms. The summed E-state index contributed by atoms with van der Waals surface area (Å²) in [5, 5.41) is 3.56. The highest BCUT2D eigenvalue weighted by atomic mass is 14.9. The average Bonchev–Trinajstić information content (AvgIpc) is 2.47. The van der Waals surface area contributed by atoms with Crippen LogP contribution in [0.3, 0.4) is 0 Å². The van der Waals surface area contributed by atoms with Crippen LogP contribution in [0.5, 0.6) is 0 Å². The smallest absolute Gasteiger partial charge is 0.0348 e. The minimum absolute atomic E-state index is 0.552. The van der Waals surface area contributed by atoms with Crippen molar-refractivity contribution >= 4 is 0 Å². The van der Waals surface area contributed by atoms with Crippen molar-refractivity contribution in [2.24, 2.45) is 11.8 Å². The van der Waals surface area contributed by atoms with Crippen molar-refractivity contribution in [3.63, 3.8) is 0 Å². The van der Waals surface area contributed by atoms with E-state index in [1.807, 2.05) is 0 Å². The van der Waals surface area contributed by atoms with Crippen LogP contribution < -0.4 is 5.32 Å². The normalized spacial score (nSPS) is 24.5. The van der Waals surface area contributed by atoms with Gasteiger partial charge in [0.2, 0.25) is 0 Å². The second kappa shape index (κ2) is 5.68. The maximum Gasteiger partial charge on any atom is 0.0348 e. The summed E-state index contributed by atoms with van der Waals surface area (Å²) in [5.74, 6) is 1.59. The monoisotopic (exact) mass is 231 g/mol. The molecule has 0 aromatic heterocycles. The average molecular weight is 231 g/mol. The van der Waals surface area contributed by atoms with Gasteiger partial charge in [-0.2, -0.15) is 0 Å². The van der Waals surface area contributed by atoms with Crippen molar-refractivity contribution in [1.82, 2.24) is 5.32 Å². The molecule has 0 bridgehead atoms. The maximum atomic E-state index is 3.56. The molecule has 1 aliphatic carbocycles. The Hall–Kier alpha value is -0.820. The van der Waals surface area contributed by atoms with E-state index in [2.05, 4.69) is 50.5 Å². The number of fused-ring (bicyclic) bond motifs is 1. The molecule has 0 saturated heterocycles. The van der Waals surface area contributed by atoms with Gasteiger partial charge in [-0.25, -0.2) is 0 Å². The van der Waals surface area contributed by atoms with Gasteiger partial charge in [0.15, 0.2) is 0 Å². The maximum absolute atomic E-state index is 3.56. The molecule has 0 amide bonds. The number of nitrogens with one attached hydrogen (secondary N) is 1. The molecule has 0 fully saturated rings. The fraction of sp³-hybridized carbons (Fsp3) is 0.625. The first-order valence-electron chi connectivity index (χ1n) is 6.97. The predicted octanol–water partition coefficient (Wildman–Crippen LogP) is 3.95. The van der Waals surface area contributed by atoms with Crippen LogP contribution >= 0.6 is 0 Å². The molecule has 0 spiro atoms. The first kappa shape index (κ1) is 12.6. The lowest BCUT2D eigenvalue weighted by Crippen LogP contribution is -2.26. The molecular formula is C16H25N. The molecule has 0 aliphatic heterocycles. The first-order valence-corrected chi connectivity index (χ1v) is 6.97. The van der Waals surface area contributed by atoms with Gasteiger partial charge >= 0.3 is 0 Å². The van der Waals surface area contributed by atoms with Crippen molar-refractivity contribution in [3.8, 4) is 0 Å². The van der Waals surface area contributed by atoms with Crippen molar-refractivity contribution in [2.75, 3.05) is 7.05 Å². The predicted molar refractivity (Wildman–Crippen MR) is 74.1 cm³/mol. The Morgan fingerprint density at radius 2 is 2.06 bits per heavy atom. The Bertz CT molecular complexity index is 356. The quantitative estimate of drug-likeness (QED) is 0.777. The molecule has 1 N–H and O–H groups in total. The van der Waals surface area contributed by atoms with E-state index in [4.69, 9.17) is 0 Å². The summed E-state index contributed by atoms with van der Waals surface area (Å²) in [4.78, 5) is 0. The zero-order valence-corrected chi connectivity index (χ0v) is 11.4. The molecular weight excluding hydrogens is 206 g/mol. The molecule has 1 heteroatoms. The van der Waals surface area contributed by atoms with Gasteiger partial charge in [-0.15, -0.1) is 0 Å². The highest BCUT2D eigenvalue weighted by Crippen LogP contribution is 2.36. The summed E-state index contributed by atoms with van der Waals surface area (Å²) in [6.45, 7) is 4.67. The topological polar surface area (TPSA) is 12.0 Å². The lowest BCUT2D eigenvalue weighted by Gasteiger charge is -2.27. The van der Waals surface area contributed by atoms with E-state index >= 15 is 0 Å². The van der Waals surface area contributed by atoms with Crippen LogP contribution in [0.25, 0.3) is 0 Å². The Kier molecular flexibility index (Phi) is 4.22. The van der Waals surface area contributed by atoms with Gasteiger partial charge in [0, 0.05) is 6.04 Å². The van der Waals surface area contributed by atoms with E-state index in [-0.39, 0.29) is 0 Å². The van der Waals surface area contributed by atoms with Gasteiger partial charge in [-0.3, -0.25) is 0 Å². The summed E-state index contributed by atoms with van der Waals surface area (Å²) in [6.07, 6.45) is 5.29.